The molecular formula is C13H16FN3O3S. The number of aliphatic hydroxyl groups is 1. The van der Waals surface area contributed by atoms with Crippen molar-refractivity contribution < 1.29 is 17.9 Å². The molecule has 2 aromatic rings. The van der Waals surface area contributed by atoms with Crippen LogP contribution in [0, 0.1) is 12.7 Å². The summed E-state index contributed by atoms with van der Waals surface area (Å²) >= 11 is 0. The smallest absolute Gasteiger partial charge is 0.259 e. The molecule has 2 rings (SSSR count). The van der Waals surface area contributed by atoms with Gasteiger partial charge in [0.15, 0.2) is 5.03 Å². The second-order valence-electron chi connectivity index (χ2n) is 4.66. The third kappa shape index (κ3) is 3.66. The summed E-state index contributed by atoms with van der Waals surface area (Å²) in [5, 5.41) is 9.80. The number of hydrogen-bond donors (Lipinski definition) is 2. The second-order valence-corrected chi connectivity index (χ2v) is 6.37. The number of sulfonamides is 1. The summed E-state index contributed by atoms with van der Waals surface area (Å²) < 4.78 is 40.7. The van der Waals surface area contributed by atoms with E-state index in [-0.39, 0.29) is 11.6 Å². The highest BCUT2D eigenvalue weighted by Gasteiger charge is 2.20. The lowest BCUT2D eigenvalue weighted by molar-refractivity contribution is 0.182. The van der Waals surface area contributed by atoms with E-state index in [0.29, 0.717) is 11.4 Å². The van der Waals surface area contributed by atoms with Crippen LogP contribution in [-0.4, -0.2) is 29.6 Å². The summed E-state index contributed by atoms with van der Waals surface area (Å²) in [4.78, 5) is 3.93. The highest BCUT2D eigenvalue weighted by molar-refractivity contribution is 7.89. The molecule has 114 valence electrons. The zero-order valence-electron chi connectivity index (χ0n) is 11.6. The lowest BCUT2D eigenvalue weighted by Crippen LogP contribution is -2.28. The maximum absolute atomic E-state index is 12.8. The molecule has 0 saturated carbocycles. The maximum Gasteiger partial charge on any atom is 0.259 e. The fourth-order valence-electron chi connectivity index (χ4n) is 1.72. The zero-order chi connectivity index (χ0) is 15.6. The molecule has 0 amide bonds. The number of aryl methyl sites for hydroxylation is 2. The van der Waals surface area contributed by atoms with Crippen molar-refractivity contribution >= 4 is 10.0 Å². The predicted octanol–water partition coefficient (Wildman–Crippen LogP) is 0.880. The number of halogens is 1. The first-order valence-electron chi connectivity index (χ1n) is 6.23. The van der Waals surface area contributed by atoms with Gasteiger partial charge in [-0.3, -0.25) is 0 Å². The van der Waals surface area contributed by atoms with Gasteiger partial charge in [0, 0.05) is 19.8 Å². The van der Waals surface area contributed by atoms with E-state index in [9.17, 15) is 17.9 Å². The van der Waals surface area contributed by atoms with Gasteiger partial charge in [0.1, 0.15) is 11.6 Å². The lowest BCUT2D eigenvalue weighted by Gasteiger charge is -2.11. The first-order valence-corrected chi connectivity index (χ1v) is 7.71. The number of nitrogens with one attached hydrogen (secondary N) is 1. The molecule has 1 aromatic heterocycles. The third-order valence-electron chi connectivity index (χ3n) is 3.08. The SMILES string of the molecule is Cc1nc(S(=O)(=O)NCC(O)c2ccc(F)cc2)cn1C. The zero-order valence-corrected chi connectivity index (χ0v) is 12.4. The minimum absolute atomic E-state index is 0.103. The van der Waals surface area contributed by atoms with Crippen LogP contribution in [0.25, 0.3) is 0 Å². The molecule has 0 saturated heterocycles. The Morgan fingerprint density at radius 2 is 2.00 bits per heavy atom. The molecule has 0 bridgehead atoms. The number of hydrogen-bond acceptors (Lipinski definition) is 4. The Balaban J connectivity index is 2.06. The van der Waals surface area contributed by atoms with Crippen molar-refractivity contribution in [2.24, 2.45) is 7.05 Å². The van der Waals surface area contributed by atoms with Gasteiger partial charge in [0.2, 0.25) is 0 Å². The van der Waals surface area contributed by atoms with Crippen LogP contribution in [0.2, 0.25) is 0 Å². The molecule has 6 nitrogen and oxygen atoms in total. The highest BCUT2D eigenvalue weighted by atomic mass is 32.2. The van der Waals surface area contributed by atoms with Crippen LogP contribution in [0.15, 0.2) is 35.5 Å². The van der Waals surface area contributed by atoms with Gasteiger partial charge in [-0.05, 0) is 24.6 Å². The van der Waals surface area contributed by atoms with E-state index in [1.54, 1.807) is 18.5 Å². The summed E-state index contributed by atoms with van der Waals surface area (Å²) in [5.41, 5.74) is 0.427. The Morgan fingerprint density at radius 3 is 2.52 bits per heavy atom. The largest absolute Gasteiger partial charge is 0.387 e. The molecule has 0 fully saturated rings. The molecule has 0 aliphatic heterocycles. The van der Waals surface area contributed by atoms with Gasteiger partial charge >= 0.3 is 0 Å². The molecule has 0 aliphatic carbocycles. The van der Waals surface area contributed by atoms with Gasteiger partial charge < -0.3 is 9.67 Å². The monoisotopic (exact) mass is 313 g/mol. The number of aliphatic hydroxyl groups excluding tert-OH is 1. The van der Waals surface area contributed by atoms with Crippen LogP contribution in [0.1, 0.15) is 17.5 Å². The second kappa shape index (κ2) is 5.92. The Kier molecular flexibility index (Phi) is 4.40. The van der Waals surface area contributed by atoms with E-state index in [4.69, 9.17) is 0 Å². The van der Waals surface area contributed by atoms with Crippen molar-refractivity contribution in [3.8, 4) is 0 Å². The summed E-state index contributed by atoms with van der Waals surface area (Å²) in [6, 6.07) is 5.21. The molecule has 21 heavy (non-hydrogen) atoms. The summed E-state index contributed by atoms with van der Waals surface area (Å²) in [6.07, 6.45) is 0.326. The molecule has 1 atom stereocenters. The van der Waals surface area contributed by atoms with Gasteiger partial charge in [-0.2, -0.15) is 0 Å². The molecular weight excluding hydrogens is 297 g/mol. The average molecular weight is 313 g/mol. The topological polar surface area (TPSA) is 84.2 Å². The summed E-state index contributed by atoms with van der Waals surface area (Å²) in [6.45, 7) is 1.47. The van der Waals surface area contributed by atoms with Crippen LogP contribution in [0.5, 0.6) is 0 Å². The van der Waals surface area contributed by atoms with Crippen LogP contribution in [0.4, 0.5) is 4.39 Å². The molecule has 1 unspecified atom stereocenters. The molecule has 0 aliphatic rings. The highest BCUT2D eigenvalue weighted by Crippen LogP contribution is 2.14. The number of nitrogens with zero attached hydrogens (tertiary/aromatic N) is 2. The van der Waals surface area contributed by atoms with E-state index in [1.807, 2.05) is 0 Å². The lowest BCUT2D eigenvalue weighted by atomic mass is 10.1. The van der Waals surface area contributed by atoms with Gasteiger partial charge in [-0.25, -0.2) is 22.5 Å². The summed E-state index contributed by atoms with van der Waals surface area (Å²) in [7, 11) is -2.10. The van der Waals surface area contributed by atoms with Crippen LogP contribution >= 0.6 is 0 Å². The van der Waals surface area contributed by atoms with E-state index in [0.717, 1.165) is 0 Å². The van der Waals surface area contributed by atoms with Gasteiger partial charge in [0.05, 0.1) is 6.10 Å². The molecule has 8 heteroatoms. The Labute approximate surface area is 122 Å². The number of aromatic nitrogens is 2. The van der Waals surface area contributed by atoms with Crippen LogP contribution in [-0.2, 0) is 17.1 Å². The van der Waals surface area contributed by atoms with Crippen molar-refractivity contribution in [2.75, 3.05) is 6.54 Å². The first kappa shape index (κ1) is 15.6. The van der Waals surface area contributed by atoms with Crippen molar-refractivity contribution in [1.82, 2.24) is 14.3 Å². The van der Waals surface area contributed by atoms with Crippen molar-refractivity contribution in [3.63, 3.8) is 0 Å². The quantitative estimate of drug-likeness (QED) is 0.858. The van der Waals surface area contributed by atoms with Gasteiger partial charge in [0.25, 0.3) is 10.0 Å². The first-order chi connectivity index (χ1) is 9.79. The number of imidazole rings is 1. The normalized spacial score (nSPS) is 13.3. The molecule has 0 radical (unpaired) electrons. The molecule has 1 aromatic carbocycles. The van der Waals surface area contributed by atoms with E-state index in [2.05, 4.69) is 9.71 Å². The Bertz CT molecular complexity index is 706. The fourth-order valence-corrected chi connectivity index (χ4v) is 2.80. The minimum atomic E-state index is -3.79. The fraction of sp³-hybridized carbons (Fsp3) is 0.308. The minimum Gasteiger partial charge on any atom is -0.387 e. The van der Waals surface area contributed by atoms with Gasteiger partial charge in [-0.15, -0.1) is 0 Å². The molecule has 2 N–H and O–H groups in total. The Hall–Kier alpha value is -1.77. The van der Waals surface area contributed by atoms with E-state index >= 15 is 0 Å². The van der Waals surface area contributed by atoms with Crippen molar-refractivity contribution in [2.45, 2.75) is 18.1 Å². The molecule has 1 heterocycles. The number of rotatable bonds is 5. The summed E-state index contributed by atoms with van der Waals surface area (Å²) in [5.74, 6) is 0.143. The van der Waals surface area contributed by atoms with Gasteiger partial charge in [-0.1, -0.05) is 12.1 Å². The van der Waals surface area contributed by atoms with Crippen LogP contribution < -0.4 is 4.72 Å². The standard InChI is InChI=1S/C13H16FN3O3S/c1-9-16-13(8-17(9)2)21(19,20)15-7-12(18)10-3-5-11(14)6-4-10/h3-6,8,12,15,18H,7H2,1-2H3. The Morgan fingerprint density at radius 1 is 1.38 bits per heavy atom. The van der Waals surface area contributed by atoms with Crippen molar-refractivity contribution in [1.29, 1.82) is 0 Å². The third-order valence-corrected chi connectivity index (χ3v) is 4.38. The number of benzene rings is 1. The average Bonchev–Trinajstić information content (AvgIpc) is 2.78. The van der Waals surface area contributed by atoms with Crippen LogP contribution in [0.3, 0.4) is 0 Å². The van der Waals surface area contributed by atoms with E-state index in [1.165, 1.54) is 30.5 Å². The predicted molar refractivity (Wildman–Crippen MR) is 74.5 cm³/mol. The van der Waals surface area contributed by atoms with E-state index < -0.39 is 21.9 Å². The van der Waals surface area contributed by atoms with Crippen molar-refractivity contribution in [3.05, 3.63) is 47.7 Å². The molecule has 0 spiro atoms. The maximum atomic E-state index is 12.8.